The Kier molecular flexibility index (Phi) is 2.79. The average molecular weight is 242 g/mol. The van der Waals surface area contributed by atoms with Crippen molar-refractivity contribution in [3.8, 4) is 0 Å². The number of nitrogens with zero attached hydrogens (tertiary/aromatic N) is 4. The molecule has 1 aromatic carbocycles. The van der Waals surface area contributed by atoms with Crippen molar-refractivity contribution in [2.75, 3.05) is 5.73 Å². The third-order valence-corrected chi connectivity index (χ3v) is 3.23. The maximum absolute atomic E-state index is 5.90. The molecule has 0 spiro atoms. The molecule has 1 aromatic heterocycles. The van der Waals surface area contributed by atoms with Gasteiger partial charge in [0.15, 0.2) is 0 Å². The molecule has 0 aliphatic rings. The minimum Gasteiger partial charge on any atom is -0.397 e. The highest BCUT2D eigenvalue weighted by atomic mass is 35.5. The van der Waals surface area contributed by atoms with Gasteiger partial charge in [0.25, 0.3) is 0 Å². The monoisotopic (exact) mass is 241 g/mol. The van der Waals surface area contributed by atoms with Crippen LogP contribution < -0.4 is 5.73 Å². The molecule has 1 heterocycles. The Hall–Kier alpha value is -1.27. The highest BCUT2D eigenvalue weighted by Gasteiger charge is 2.09. The molecular weight excluding hydrogens is 234 g/mol. The number of halogens is 1. The van der Waals surface area contributed by atoms with Crippen LogP contribution in [0.25, 0.3) is 0 Å². The Bertz CT molecular complexity index is 484. The number of benzene rings is 1. The lowest BCUT2D eigenvalue weighted by Gasteiger charge is -2.04. The molecule has 0 atom stereocenters. The minimum absolute atomic E-state index is 0.537. The predicted molar refractivity (Wildman–Crippen MR) is 58.8 cm³/mol. The zero-order chi connectivity index (χ0) is 10.8. The number of tetrazole rings is 1. The quantitative estimate of drug-likeness (QED) is 0.809. The van der Waals surface area contributed by atoms with E-state index in [4.69, 9.17) is 17.3 Å². The highest BCUT2D eigenvalue weighted by Crippen LogP contribution is 2.33. The smallest absolute Gasteiger partial charge is 0.213 e. The maximum atomic E-state index is 5.90. The van der Waals surface area contributed by atoms with Gasteiger partial charge in [0.2, 0.25) is 5.16 Å². The van der Waals surface area contributed by atoms with Gasteiger partial charge in [-0.2, -0.15) is 0 Å². The summed E-state index contributed by atoms with van der Waals surface area (Å²) < 4.78 is 1.57. The van der Waals surface area contributed by atoms with E-state index >= 15 is 0 Å². The number of hydrogen-bond donors (Lipinski definition) is 1. The van der Waals surface area contributed by atoms with Crippen molar-refractivity contribution >= 4 is 29.1 Å². The van der Waals surface area contributed by atoms with Crippen LogP contribution in [-0.2, 0) is 7.05 Å². The fourth-order valence-corrected chi connectivity index (χ4v) is 2.05. The summed E-state index contributed by atoms with van der Waals surface area (Å²) in [5.41, 5.74) is 6.37. The lowest BCUT2D eigenvalue weighted by atomic mass is 10.3. The lowest BCUT2D eigenvalue weighted by molar-refractivity contribution is 0.664. The van der Waals surface area contributed by atoms with E-state index in [-0.39, 0.29) is 0 Å². The molecule has 0 saturated carbocycles. The molecule has 0 amide bonds. The Labute approximate surface area is 95.6 Å². The number of nitrogen functional groups attached to an aromatic ring is 1. The molecule has 0 saturated heterocycles. The Morgan fingerprint density at radius 3 is 2.93 bits per heavy atom. The van der Waals surface area contributed by atoms with Crippen LogP contribution in [0.15, 0.2) is 28.3 Å². The van der Waals surface area contributed by atoms with Gasteiger partial charge in [-0.25, -0.2) is 4.68 Å². The van der Waals surface area contributed by atoms with Crippen LogP contribution in [0.5, 0.6) is 0 Å². The first-order chi connectivity index (χ1) is 7.18. The first-order valence-corrected chi connectivity index (χ1v) is 5.32. The predicted octanol–water partition coefficient (Wildman–Crippen LogP) is 1.60. The van der Waals surface area contributed by atoms with Crippen molar-refractivity contribution in [1.29, 1.82) is 0 Å². The second-order valence-corrected chi connectivity index (χ2v) is 4.26. The summed E-state index contributed by atoms with van der Waals surface area (Å²) in [4.78, 5) is 0.848. The van der Waals surface area contributed by atoms with E-state index in [2.05, 4.69) is 15.5 Å². The SMILES string of the molecule is Cn1nnnc1Sc1cccc(Cl)c1N. The van der Waals surface area contributed by atoms with E-state index in [0.29, 0.717) is 15.9 Å². The molecule has 78 valence electrons. The van der Waals surface area contributed by atoms with Crippen molar-refractivity contribution < 1.29 is 0 Å². The molecule has 2 N–H and O–H groups in total. The van der Waals surface area contributed by atoms with Crippen molar-refractivity contribution in [2.24, 2.45) is 7.05 Å². The standard InChI is InChI=1S/C8H8ClN5S/c1-14-8(11-12-13-14)15-6-4-2-3-5(9)7(6)10/h2-4H,10H2,1H3. The number of anilines is 1. The highest BCUT2D eigenvalue weighted by molar-refractivity contribution is 7.99. The van der Waals surface area contributed by atoms with Gasteiger partial charge in [0.1, 0.15) is 0 Å². The molecule has 0 aliphatic carbocycles. The van der Waals surface area contributed by atoms with Gasteiger partial charge >= 0.3 is 0 Å². The summed E-state index contributed by atoms with van der Waals surface area (Å²) in [5, 5.41) is 12.3. The number of para-hydroxylation sites is 1. The molecule has 0 fully saturated rings. The first-order valence-electron chi connectivity index (χ1n) is 4.12. The summed E-state index contributed by atoms with van der Waals surface area (Å²) in [6, 6.07) is 5.46. The molecule has 0 bridgehead atoms. The van der Waals surface area contributed by atoms with E-state index in [1.807, 2.05) is 12.1 Å². The Morgan fingerprint density at radius 1 is 1.47 bits per heavy atom. The molecule has 0 aliphatic heterocycles. The van der Waals surface area contributed by atoms with Gasteiger partial charge in [-0.15, -0.1) is 5.10 Å². The average Bonchev–Trinajstić information content (AvgIpc) is 2.60. The molecule has 5 nitrogen and oxygen atoms in total. The van der Waals surface area contributed by atoms with Crippen LogP contribution in [0.3, 0.4) is 0 Å². The fraction of sp³-hybridized carbons (Fsp3) is 0.125. The Morgan fingerprint density at radius 2 is 2.27 bits per heavy atom. The molecule has 2 rings (SSSR count). The number of hydrogen-bond acceptors (Lipinski definition) is 5. The largest absolute Gasteiger partial charge is 0.397 e. The summed E-state index contributed by atoms with van der Waals surface area (Å²) in [5.74, 6) is 0. The second-order valence-electron chi connectivity index (χ2n) is 2.84. The number of aromatic nitrogens is 4. The van der Waals surface area contributed by atoms with Crippen LogP contribution in [-0.4, -0.2) is 20.2 Å². The van der Waals surface area contributed by atoms with Crippen LogP contribution >= 0.6 is 23.4 Å². The third kappa shape index (κ3) is 2.05. The summed E-state index contributed by atoms with van der Waals surface area (Å²) >= 11 is 7.28. The first kappa shape index (κ1) is 10.3. The van der Waals surface area contributed by atoms with Gasteiger partial charge in [0.05, 0.1) is 10.7 Å². The molecule has 2 aromatic rings. The van der Waals surface area contributed by atoms with Gasteiger partial charge in [-0.3, -0.25) is 0 Å². The van der Waals surface area contributed by atoms with Crippen LogP contribution in [0, 0.1) is 0 Å². The zero-order valence-electron chi connectivity index (χ0n) is 7.88. The third-order valence-electron chi connectivity index (χ3n) is 1.80. The molecule has 7 heteroatoms. The maximum Gasteiger partial charge on any atom is 0.213 e. The van der Waals surface area contributed by atoms with E-state index in [9.17, 15) is 0 Å². The van der Waals surface area contributed by atoms with Gasteiger partial charge in [-0.1, -0.05) is 17.7 Å². The van der Waals surface area contributed by atoms with Gasteiger partial charge in [0, 0.05) is 11.9 Å². The molecular formula is C8H8ClN5S. The second kappa shape index (κ2) is 4.08. The Balaban J connectivity index is 2.33. The fourth-order valence-electron chi connectivity index (χ4n) is 1.01. The number of nitrogens with two attached hydrogens (primary N) is 1. The van der Waals surface area contributed by atoms with E-state index in [1.165, 1.54) is 11.8 Å². The van der Waals surface area contributed by atoms with Crippen LogP contribution in [0.2, 0.25) is 5.02 Å². The minimum atomic E-state index is 0.537. The number of rotatable bonds is 2. The van der Waals surface area contributed by atoms with Crippen molar-refractivity contribution in [3.05, 3.63) is 23.2 Å². The van der Waals surface area contributed by atoms with E-state index in [1.54, 1.807) is 17.8 Å². The van der Waals surface area contributed by atoms with Crippen LogP contribution in [0.1, 0.15) is 0 Å². The zero-order valence-corrected chi connectivity index (χ0v) is 9.46. The van der Waals surface area contributed by atoms with Gasteiger partial charge < -0.3 is 5.73 Å². The molecule has 15 heavy (non-hydrogen) atoms. The van der Waals surface area contributed by atoms with Crippen molar-refractivity contribution in [2.45, 2.75) is 10.1 Å². The number of aryl methyl sites for hydroxylation is 1. The van der Waals surface area contributed by atoms with Gasteiger partial charge in [-0.05, 0) is 34.3 Å². The summed E-state index contributed by atoms with van der Waals surface area (Å²) in [6.07, 6.45) is 0. The molecule has 0 radical (unpaired) electrons. The van der Waals surface area contributed by atoms with Crippen LogP contribution in [0.4, 0.5) is 5.69 Å². The van der Waals surface area contributed by atoms with E-state index < -0.39 is 0 Å². The van der Waals surface area contributed by atoms with Crippen molar-refractivity contribution in [3.63, 3.8) is 0 Å². The van der Waals surface area contributed by atoms with E-state index in [0.717, 1.165) is 4.90 Å². The normalized spacial score (nSPS) is 10.5. The molecule has 0 unspecified atom stereocenters. The summed E-state index contributed by atoms with van der Waals surface area (Å²) in [6.45, 7) is 0. The van der Waals surface area contributed by atoms with Crippen molar-refractivity contribution in [1.82, 2.24) is 20.2 Å². The topological polar surface area (TPSA) is 69.6 Å². The lowest BCUT2D eigenvalue weighted by Crippen LogP contribution is -1.94. The summed E-state index contributed by atoms with van der Waals surface area (Å²) in [7, 11) is 1.77.